The lowest BCUT2D eigenvalue weighted by Crippen LogP contribution is -2.23. The average Bonchev–Trinajstić information content (AvgIpc) is 2.36. The summed E-state index contributed by atoms with van der Waals surface area (Å²) >= 11 is 0. The van der Waals surface area contributed by atoms with Gasteiger partial charge in [-0.2, -0.15) is 0 Å². The Morgan fingerprint density at radius 2 is 2.00 bits per heavy atom. The van der Waals surface area contributed by atoms with Crippen molar-refractivity contribution in [2.24, 2.45) is 5.73 Å². The van der Waals surface area contributed by atoms with E-state index >= 15 is 0 Å². The fraction of sp³-hybridized carbons (Fsp3) is 0.357. The summed E-state index contributed by atoms with van der Waals surface area (Å²) < 4.78 is 0. The van der Waals surface area contributed by atoms with Crippen molar-refractivity contribution in [3.8, 4) is 0 Å². The predicted molar refractivity (Wildman–Crippen MR) is 70.6 cm³/mol. The van der Waals surface area contributed by atoms with Crippen LogP contribution in [-0.4, -0.2) is 19.0 Å². The summed E-state index contributed by atoms with van der Waals surface area (Å²) in [7, 11) is 0. The molecule has 0 aliphatic heterocycles. The van der Waals surface area contributed by atoms with Crippen molar-refractivity contribution in [1.29, 1.82) is 0 Å². The number of hydrogen-bond donors (Lipinski definition) is 2. The van der Waals surface area contributed by atoms with Crippen LogP contribution in [0.3, 0.4) is 0 Å². The smallest absolute Gasteiger partial charge is 0.220 e. The molecule has 92 valence electrons. The van der Waals surface area contributed by atoms with Gasteiger partial charge in [0.1, 0.15) is 0 Å². The Balaban J connectivity index is 2.10. The van der Waals surface area contributed by atoms with Crippen LogP contribution >= 0.6 is 0 Å². The van der Waals surface area contributed by atoms with Crippen LogP contribution in [0.25, 0.3) is 0 Å². The minimum absolute atomic E-state index is 0.0996. The molecule has 0 spiro atoms. The summed E-state index contributed by atoms with van der Waals surface area (Å²) in [6.45, 7) is 1.09. The van der Waals surface area contributed by atoms with Crippen molar-refractivity contribution < 1.29 is 4.79 Å². The zero-order valence-electron chi connectivity index (χ0n) is 10.1. The lowest BCUT2D eigenvalue weighted by Gasteiger charge is -2.02. The highest BCUT2D eigenvalue weighted by molar-refractivity contribution is 5.75. The lowest BCUT2D eigenvalue weighted by molar-refractivity contribution is -0.120. The number of nitrogens with two attached hydrogens (primary N) is 1. The van der Waals surface area contributed by atoms with Gasteiger partial charge in [-0.3, -0.25) is 4.79 Å². The van der Waals surface area contributed by atoms with Crippen LogP contribution in [0, 0.1) is 0 Å². The Morgan fingerprint density at radius 3 is 2.71 bits per heavy atom. The Bertz CT molecular complexity index is 346. The monoisotopic (exact) mass is 232 g/mol. The fourth-order valence-electron chi connectivity index (χ4n) is 1.54. The molecule has 0 saturated carbocycles. The molecule has 0 aliphatic carbocycles. The van der Waals surface area contributed by atoms with E-state index in [1.807, 2.05) is 30.4 Å². The SMILES string of the molecule is NC/C=C/CNC(=O)CCCc1ccccc1. The van der Waals surface area contributed by atoms with E-state index in [1.165, 1.54) is 5.56 Å². The summed E-state index contributed by atoms with van der Waals surface area (Å²) in [5.41, 5.74) is 6.57. The molecule has 1 aromatic carbocycles. The van der Waals surface area contributed by atoms with Gasteiger partial charge in [-0.05, 0) is 18.4 Å². The summed E-state index contributed by atoms with van der Waals surface area (Å²) in [6, 6.07) is 10.2. The molecule has 0 bridgehead atoms. The molecule has 1 aromatic rings. The molecule has 1 rings (SSSR count). The highest BCUT2D eigenvalue weighted by Crippen LogP contribution is 2.04. The largest absolute Gasteiger partial charge is 0.353 e. The molecule has 17 heavy (non-hydrogen) atoms. The molecular formula is C14H20N2O. The number of nitrogens with one attached hydrogen (secondary N) is 1. The molecule has 0 aliphatic rings. The lowest BCUT2D eigenvalue weighted by atomic mass is 10.1. The van der Waals surface area contributed by atoms with Gasteiger partial charge < -0.3 is 11.1 Å². The second kappa shape index (κ2) is 8.53. The van der Waals surface area contributed by atoms with Gasteiger partial charge >= 0.3 is 0 Å². The first-order valence-corrected chi connectivity index (χ1v) is 5.98. The fourth-order valence-corrected chi connectivity index (χ4v) is 1.54. The molecule has 3 nitrogen and oxygen atoms in total. The van der Waals surface area contributed by atoms with Crippen molar-refractivity contribution in [2.75, 3.05) is 13.1 Å². The standard InChI is InChI=1S/C14H20N2O/c15-11-4-5-12-16-14(17)10-6-9-13-7-2-1-3-8-13/h1-5,7-8H,6,9-12,15H2,(H,16,17)/b5-4+. The highest BCUT2D eigenvalue weighted by atomic mass is 16.1. The molecule has 0 aromatic heterocycles. The van der Waals surface area contributed by atoms with Gasteiger partial charge in [0.05, 0.1) is 0 Å². The van der Waals surface area contributed by atoms with E-state index in [-0.39, 0.29) is 5.91 Å². The minimum atomic E-state index is 0.0996. The number of rotatable bonds is 7. The minimum Gasteiger partial charge on any atom is -0.353 e. The first-order valence-electron chi connectivity index (χ1n) is 5.98. The summed E-state index contributed by atoms with van der Waals surface area (Å²) in [6.07, 6.45) is 6.12. The zero-order chi connectivity index (χ0) is 12.3. The Kier molecular flexibility index (Phi) is 6.75. The first-order chi connectivity index (χ1) is 8.33. The van der Waals surface area contributed by atoms with Crippen molar-refractivity contribution in [1.82, 2.24) is 5.32 Å². The number of carbonyl (C=O) groups is 1. The highest BCUT2D eigenvalue weighted by Gasteiger charge is 1.99. The Labute approximate surface area is 103 Å². The maximum Gasteiger partial charge on any atom is 0.220 e. The Morgan fingerprint density at radius 1 is 1.24 bits per heavy atom. The Hall–Kier alpha value is -1.61. The summed E-state index contributed by atoms with van der Waals surface area (Å²) in [5, 5.41) is 2.82. The topological polar surface area (TPSA) is 55.1 Å². The maximum atomic E-state index is 11.4. The van der Waals surface area contributed by atoms with Gasteiger partial charge in [0.15, 0.2) is 0 Å². The molecule has 0 unspecified atom stereocenters. The van der Waals surface area contributed by atoms with Crippen LogP contribution < -0.4 is 11.1 Å². The van der Waals surface area contributed by atoms with Crippen molar-refractivity contribution in [2.45, 2.75) is 19.3 Å². The zero-order valence-corrected chi connectivity index (χ0v) is 10.1. The van der Waals surface area contributed by atoms with Gasteiger partial charge in [-0.1, -0.05) is 42.5 Å². The van der Waals surface area contributed by atoms with Crippen LogP contribution in [-0.2, 0) is 11.2 Å². The van der Waals surface area contributed by atoms with E-state index in [0.717, 1.165) is 12.8 Å². The van der Waals surface area contributed by atoms with Crippen molar-refractivity contribution >= 4 is 5.91 Å². The maximum absolute atomic E-state index is 11.4. The molecule has 0 heterocycles. The number of hydrogen-bond acceptors (Lipinski definition) is 2. The number of aryl methyl sites for hydroxylation is 1. The normalized spacial score (nSPS) is 10.6. The second-order valence-corrected chi connectivity index (χ2v) is 3.85. The number of amides is 1. The third-order valence-electron chi connectivity index (χ3n) is 2.43. The quantitative estimate of drug-likeness (QED) is 0.702. The average molecular weight is 232 g/mol. The molecule has 1 amide bonds. The molecule has 0 fully saturated rings. The van der Waals surface area contributed by atoms with Gasteiger partial charge in [0.2, 0.25) is 5.91 Å². The van der Waals surface area contributed by atoms with Crippen molar-refractivity contribution in [3.63, 3.8) is 0 Å². The third kappa shape index (κ3) is 6.53. The van der Waals surface area contributed by atoms with E-state index < -0.39 is 0 Å². The molecule has 3 heteroatoms. The molecule has 0 radical (unpaired) electrons. The summed E-state index contributed by atoms with van der Waals surface area (Å²) in [5.74, 6) is 0.0996. The third-order valence-corrected chi connectivity index (χ3v) is 2.43. The molecule has 3 N–H and O–H groups in total. The van der Waals surface area contributed by atoms with Crippen molar-refractivity contribution in [3.05, 3.63) is 48.0 Å². The van der Waals surface area contributed by atoms with Crippen LogP contribution in [0.2, 0.25) is 0 Å². The van der Waals surface area contributed by atoms with Crippen LogP contribution in [0.15, 0.2) is 42.5 Å². The van der Waals surface area contributed by atoms with Gasteiger partial charge in [0, 0.05) is 19.5 Å². The van der Waals surface area contributed by atoms with E-state index in [9.17, 15) is 4.79 Å². The number of benzene rings is 1. The van der Waals surface area contributed by atoms with Gasteiger partial charge in [-0.25, -0.2) is 0 Å². The summed E-state index contributed by atoms with van der Waals surface area (Å²) in [4.78, 5) is 11.4. The predicted octanol–water partition coefficient (Wildman–Crippen LogP) is 1.64. The van der Waals surface area contributed by atoms with Crippen LogP contribution in [0.5, 0.6) is 0 Å². The molecular weight excluding hydrogens is 212 g/mol. The molecule has 0 saturated heterocycles. The van der Waals surface area contributed by atoms with Gasteiger partial charge in [-0.15, -0.1) is 0 Å². The van der Waals surface area contributed by atoms with E-state index in [4.69, 9.17) is 5.73 Å². The van der Waals surface area contributed by atoms with Gasteiger partial charge in [0.25, 0.3) is 0 Å². The molecule has 0 atom stereocenters. The van der Waals surface area contributed by atoms with E-state index in [1.54, 1.807) is 0 Å². The first kappa shape index (κ1) is 13.5. The van der Waals surface area contributed by atoms with Crippen LogP contribution in [0.4, 0.5) is 0 Å². The van der Waals surface area contributed by atoms with E-state index in [0.29, 0.717) is 19.5 Å². The number of carbonyl (C=O) groups excluding carboxylic acids is 1. The van der Waals surface area contributed by atoms with Crippen LogP contribution in [0.1, 0.15) is 18.4 Å². The second-order valence-electron chi connectivity index (χ2n) is 3.85. The van der Waals surface area contributed by atoms with E-state index in [2.05, 4.69) is 17.4 Å².